The van der Waals surface area contributed by atoms with Crippen LogP contribution < -0.4 is 0 Å². The van der Waals surface area contributed by atoms with E-state index in [1.807, 2.05) is 6.92 Å². The van der Waals surface area contributed by atoms with Gasteiger partial charge in [0.1, 0.15) is 5.60 Å². The topological polar surface area (TPSA) is 66.8 Å². The molecule has 0 saturated heterocycles. The summed E-state index contributed by atoms with van der Waals surface area (Å²) in [6.07, 6.45) is 3.90. The second-order valence-electron chi connectivity index (χ2n) is 12.6. The third-order valence-corrected chi connectivity index (χ3v) is 8.66. The molecule has 4 saturated carbocycles. The maximum absolute atomic E-state index is 13.5. The third-order valence-electron chi connectivity index (χ3n) is 8.66. The van der Waals surface area contributed by atoms with E-state index in [2.05, 4.69) is 41.5 Å². The van der Waals surface area contributed by atoms with Gasteiger partial charge in [0.25, 0.3) is 0 Å². The molecular formula is C22H36O4. The van der Waals surface area contributed by atoms with Crippen molar-refractivity contribution in [3.63, 3.8) is 0 Å². The summed E-state index contributed by atoms with van der Waals surface area (Å²) in [4.78, 5) is 13.5. The fourth-order valence-electron chi connectivity index (χ4n) is 7.35. The van der Waals surface area contributed by atoms with Crippen LogP contribution in [0.25, 0.3) is 0 Å². The Hall–Kier alpha value is -0.610. The number of hydrogen-bond donors (Lipinski definition) is 2. The zero-order chi connectivity index (χ0) is 19.6. The number of fused-ring (bicyclic) bond motifs is 1. The van der Waals surface area contributed by atoms with Gasteiger partial charge >= 0.3 is 5.97 Å². The second-order valence-corrected chi connectivity index (χ2v) is 12.6. The quantitative estimate of drug-likeness (QED) is 0.747. The van der Waals surface area contributed by atoms with Crippen LogP contribution >= 0.6 is 0 Å². The van der Waals surface area contributed by atoms with Gasteiger partial charge in [0, 0.05) is 18.3 Å². The van der Waals surface area contributed by atoms with Crippen LogP contribution in [0.3, 0.4) is 0 Å². The molecular weight excluding hydrogens is 328 g/mol. The summed E-state index contributed by atoms with van der Waals surface area (Å²) in [5.41, 5.74) is -3.33. The Morgan fingerprint density at radius 2 is 1.58 bits per heavy atom. The van der Waals surface area contributed by atoms with Gasteiger partial charge in [0.2, 0.25) is 0 Å². The number of carbonyl (C=O) groups excluding carboxylic acids is 1. The molecule has 4 nitrogen and oxygen atoms in total. The fourth-order valence-corrected chi connectivity index (χ4v) is 7.35. The minimum absolute atomic E-state index is 0.0132. The van der Waals surface area contributed by atoms with Crippen molar-refractivity contribution < 1.29 is 19.7 Å². The van der Waals surface area contributed by atoms with E-state index in [0.717, 1.165) is 19.3 Å². The Morgan fingerprint density at radius 1 is 0.962 bits per heavy atom. The average molecular weight is 365 g/mol. The molecule has 6 unspecified atom stereocenters. The van der Waals surface area contributed by atoms with Crippen molar-refractivity contribution in [3.8, 4) is 0 Å². The van der Waals surface area contributed by atoms with E-state index in [-0.39, 0.29) is 16.8 Å². The predicted octanol–water partition coefficient (Wildman–Crippen LogP) is 3.83. The van der Waals surface area contributed by atoms with Gasteiger partial charge in [-0.1, -0.05) is 41.5 Å². The molecule has 0 amide bonds. The van der Waals surface area contributed by atoms with Crippen molar-refractivity contribution in [2.75, 3.05) is 0 Å². The van der Waals surface area contributed by atoms with E-state index >= 15 is 0 Å². The normalized spacial score (nSPS) is 48.3. The minimum Gasteiger partial charge on any atom is -0.458 e. The lowest BCUT2D eigenvalue weighted by atomic mass is 9.33. The van der Waals surface area contributed by atoms with Crippen LogP contribution in [0.2, 0.25) is 0 Å². The molecule has 4 heteroatoms. The first kappa shape index (κ1) is 18.7. The molecule has 4 aliphatic carbocycles. The van der Waals surface area contributed by atoms with E-state index < -0.39 is 27.6 Å². The van der Waals surface area contributed by atoms with E-state index in [4.69, 9.17) is 4.74 Å². The molecule has 0 heterocycles. The maximum Gasteiger partial charge on any atom is 0.312 e. The van der Waals surface area contributed by atoms with E-state index in [0.29, 0.717) is 25.2 Å². The highest BCUT2D eigenvalue weighted by atomic mass is 16.6. The second kappa shape index (κ2) is 4.51. The summed E-state index contributed by atoms with van der Waals surface area (Å²) in [6, 6.07) is 0. The monoisotopic (exact) mass is 364 g/mol. The van der Waals surface area contributed by atoms with Crippen molar-refractivity contribution in [2.45, 2.75) is 104 Å². The number of hydrogen-bond acceptors (Lipinski definition) is 4. The first-order chi connectivity index (χ1) is 11.5. The number of rotatable bonds is 3. The average Bonchev–Trinajstić information content (AvgIpc) is 2.80. The molecule has 148 valence electrons. The molecule has 2 N–H and O–H groups in total. The number of esters is 1. The summed E-state index contributed by atoms with van der Waals surface area (Å²) in [7, 11) is 0. The lowest BCUT2D eigenvalue weighted by molar-refractivity contribution is -0.373. The molecule has 2 bridgehead atoms. The highest BCUT2D eigenvalue weighted by Gasteiger charge is 2.91. The molecule has 0 aliphatic heterocycles. The van der Waals surface area contributed by atoms with Crippen molar-refractivity contribution in [1.82, 2.24) is 0 Å². The third kappa shape index (κ3) is 1.96. The highest BCUT2D eigenvalue weighted by Crippen LogP contribution is 2.85. The number of ether oxygens (including phenoxy) is 1. The highest BCUT2D eigenvalue weighted by molar-refractivity contribution is 5.78. The number of aliphatic hydroxyl groups is 2. The Morgan fingerprint density at radius 3 is 2.00 bits per heavy atom. The van der Waals surface area contributed by atoms with Crippen molar-refractivity contribution >= 4 is 5.97 Å². The molecule has 4 aliphatic rings. The summed E-state index contributed by atoms with van der Waals surface area (Å²) < 4.78 is 6.30. The van der Waals surface area contributed by atoms with Gasteiger partial charge in [-0.25, -0.2) is 0 Å². The van der Waals surface area contributed by atoms with Crippen LogP contribution in [-0.4, -0.2) is 33.0 Å². The van der Waals surface area contributed by atoms with Gasteiger partial charge in [-0.15, -0.1) is 0 Å². The molecule has 26 heavy (non-hydrogen) atoms. The molecule has 1 spiro atoms. The van der Waals surface area contributed by atoms with E-state index in [1.54, 1.807) is 0 Å². The zero-order valence-corrected chi connectivity index (χ0v) is 17.5. The smallest absolute Gasteiger partial charge is 0.312 e. The summed E-state index contributed by atoms with van der Waals surface area (Å²) in [6.45, 7) is 14.9. The van der Waals surface area contributed by atoms with Crippen molar-refractivity contribution in [1.29, 1.82) is 0 Å². The van der Waals surface area contributed by atoms with Gasteiger partial charge in [-0.2, -0.15) is 0 Å². The standard InChI is InChI=1S/C22H36O4/c1-16(2,3)10-18(7,17(4,5)6)15(23)26-19-8-14-9-20(24)13-21(25,11-19)22(14,20)12-19/h14,24-25H,8-13H2,1-7H3. The lowest BCUT2D eigenvalue weighted by Gasteiger charge is -2.74. The first-order valence-electron chi connectivity index (χ1n) is 10.2. The van der Waals surface area contributed by atoms with Crippen LogP contribution in [0.4, 0.5) is 0 Å². The van der Waals surface area contributed by atoms with Gasteiger partial charge in [0.05, 0.1) is 16.6 Å². The van der Waals surface area contributed by atoms with Gasteiger partial charge < -0.3 is 14.9 Å². The Balaban J connectivity index is 1.60. The Labute approximate surface area is 157 Å². The van der Waals surface area contributed by atoms with Crippen LogP contribution in [0.1, 0.15) is 87.0 Å². The molecule has 0 radical (unpaired) electrons. The molecule has 4 fully saturated rings. The van der Waals surface area contributed by atoms with Crippen LogP contribution in [-0.2, 0) is 9.53 Å². The zero-order valence-electron chi connectivity index (χ0n) is 17.5. The summed E-state index contributed by atoms with van der Waals surface area (Å²) >= 11 is 0. The predicted molar refractivity (Wildman–Crippen MR) is 99.4 cm³/mol. The fraction of sp³-hybridized carbons (Fsp3) is 0.955. The van der Waals surface area contributed by atoms with Crippen LogP contribution in [0.15, 0.2) is 0 Å². The van der Waals surface area contributed by atoms with Gasteiger partial charge in [-0.3, -0.25) is 4.79 Å². The maximum atomic E-state index is 13.5. The molecule has 4 rings (SSSR count). The molecule has 0 aromatic carbocycles. The SMILES string of the molecule is CC(C)(C)CC(C)(C(=O)OC12CC3CC4(O)CC(O)(C1)C34C2)C(C)(C)C. The lowest BCUT2D eigenvalue weighted by Crippen LogP contribution is -2.82. The molecule has 6 atom stereocenters. The van der Waals surface area contributed by atoms with Gasteiger partial charge in [0.15, 0.2) is 0 Å². The van der Waals surface area contributed by atoms with Crippen LogP contribution in [0.5, 0.6) is 0 Å². The van der Waals surface area contributed by atoms with Crippen LogP contribution in [0, 0.1) is 27.6 Å². The minimum atomic E-state index is -0.828. The Bertz CT molecular complexity index is 673. The largest absolute Gasteiger partial charge is 0.458 e. The molecule has 0 aromatic heterocycles. The van der Waals surface area contributed by atoms with Gasteiger partial charge in [-0.05, 0) is 49.4 Å². The molecule has 0 aromatic rings. The van der Waals surface area contributed by atoms with Crippen molar-refractivity contribution in [2.24, 2.45) is 27.6 Å². The van der Waals surface area contributed by atoms with E-state index in [9.17, 15) is 15.0 Å². The number of carbonyl (C=O) groups is 1. The van der Waals surface area contributed by atoms with Crippen molar-refractivity contribution in [3.05, 3.63) is 0 Å². The Kier molecular flexibility index (Phi) is 3.25. The summed E-state index contributed by atoms with van der Waals surface area (Å²) in [5, 5.41) is 21.9. The first-order valence-corrected chi connectivity index (χ1v) is 10.2. The summed E-state index contributed by atoms with van der Waals surface area (Å²) in [5.74, 6) is 0.169. The van der Waals surface area contributed by atoms with E-state index in [1.165, 1.54) is 0 Å².